The van der Waals surface area contributed by atoms with E-state index in [4.69, 9.17) is 4.74 Å². The Morgan fingerprint density at radius 3 is 2.79 bits per heavy atom. The summed E-state index contributed by atoms with van der Waals surface area (Å²) in [6.45, 7) is 3.02. The van der Waals surface area contributed by atoms with E-state index in [-0.39, 0.29) is 0 Å². The van der Waals surface area contributed by atoms with Crippen LogP contribution in [0.3, 0.4) is 0 Å². The maximum absolute atomic E-state index is 5.54. The van der Waals surface area contributed by atoms with E-state index < -0.39 is 0 Å². The quantitative estimate of drug-likeness (QED) is 0.882. The van der Waals surface area contributed by atoms with Crippen molar-refractivity contribution in [3.05, 3.63) is 59.7 Å². The number of benzene rings is 2. The van der Waals surface area contributed by atoms with Gasteiger partial charge in [-0.2, -0.15) is 0 Å². The van der Waals surface area contributed by atoms with Crippen molar-refractivity contribution in [2.45, 2.75) is 25.8 Å². The van der Waals surface area contributed by atoms with Crippen LogP contribution in [-0.2, 0) is 6.42 Å². The minimum atomic E-state index is 0.363. The Hall–Kier alpha value is -1.96. The van der Waals surface area contributed by atoms with Crippen molar-refractivity contribution in [2.24, 2.45) is 0 Å². The Labute approximate surface area is 114 Å². The SMILES string of the molecule is CCC(Nc1ccc2c(c1)CCO2)c1ccccc1. The largest absolute Gasteiger partial charge is 0.493 e. The highest BCUT2D eigenvalue weighted by Gasteiger charge is 2.14. The zero-order valence-electron chi connectivity index (χ0n) is 11.2. The topological polar surface area (TPSA) is 21.3 Å². The summed E-state index contributed by atoms with van der Waals surface area (Å²) in [5.74, 6) is 1.04. The summed E-state index contributed by atoms with van der Waals surface area (Å²) in [5, 5.41) is 3.62. The second-order valence-electron chi connectivity index (χ2n) is 4.94. The van der Waals surface area contributed by atoms with Crippen LogP contribution >= 0.6 is 0 Å². The van der Waals surface area contributed by atoms with Crippen molar-refractivity contribution in [3.8, 4) is 5.75 Å². The standard InChI is InChI=1S/C17H19NO/c1-2-16(13-6-4-3-5-7-13)18-15-8-9-17-14(12-15)10-11-19-17/h3-9,12,16,18H,2,10-11H2,1H3. The van der Waals surface area contributed by atoms with Crippen LogP contribution in [0.15, 0.2) is 48.5 Å². The molecule has 1 heterocycles. The van der Waals surface area contributed by atoms with E-state index in [0.29, 0.717) is 6.04 Å². The molecule has 0 saturated heterocycles. The second kappa shape index (κ2) is 5.35. The van der Waals surface area contributed by atoms with Gasteiger partial charge in [0.15, 0.2) is 0 Å². The molecule has 0 radical (unpaired) electrons. The zero-order valence-corrected chi connectivity index (χ0v) is 11.2. The first-order valence-corrected chi connectivity index (χ1v) is 6.94. The molecule has 1 atom stereocenters. The summed E-state index contributed by atoms with van der Waals surface area (Å²) in [6, 6.07) is 17.4. The van der Waals surface area contributed by atoms with Crippen molar-refractivity contribution in [1.82, 2.24) is 0 Å². The molecule has 0 fully saturated rings. The number of hydrogen-bond donors (Lipinski definition) is 1. The summed E-state index contributed by atoms with van der Waals surface area (Å²) in [5.41, 5.74) is 3.83. The van der Waals surface area contributed by atoms with Crippen LogP contribution in [0.4, 0.5) is 5.69 Å². The van der Waals surface area contributed by atoms with Crippen LogP contribution in [0.1, 0.15) is 30.5 Å². The second-order valence-corrected chi connectivity index (χ2v) is 4.94. The molecule has 98 valence electrons. The first-order valence-electron chi connectivity index (χ1n) is 6.94. The first-order chi connectivity index (χ1) is 9.36. The van der Waals surface area contributed by atoms with Gasteiger partial charge in [-0.15, -0.1) is 0 Å². The van der Waals surface area contributed by atoms with Crippen LogP contribution in [0, 0.1) is 0 Å². The maximum atomic E-state index is 5.54. The molecule has 2 nitrogen and oxygen atoms in total. The van der Waals surface area contributed by atoms with Crippen molar-refractivity contribution in [1.29, 1.82) is 0 Å². The lowest BCUT2D eigenvalue weighted by atomic mass is 10.0. The van der Waals surface area contributed by atoms with Gasteiger partial charge in [0.25, 0.3) is 0 Å². The third-order valence-corrected chi connectivity index (χ3v) is 3.64. The highest BCUT2D eigenvalue weighted by Crippen LogP contribution is 2.30. The number of anilines is 1. The highest BCUT2D eigenvalue weighted by molar-refractivity contribution is 5.53. The molecule has 0 saturated carbocycles. The minimum Gasteiger partial charge on any atom is -0.493 e. The van der Waals surface area contributed by atoms with Crippen molar-refractivity contribution < 1.29 is 4.74 Å². The molecule has 1 unspecified atom stereocenters. The van der Waals surface area contributed by atoms with Crippen LogP contribution < -0.4 is 10.1 Å². The predicted molar refractivity (Wildman–Crippen MR) is 78.7 cm³/mol. The number of rotatable bonds is 4. The van der Waals surface area contributed by atoms with Crippen LogP contribution in [-0.4, -0.2) is 6.61 Å². The molecule has 1 N–H and O–H groups in total. The molecule has 0 bridgehead atoms. The predicted octanol–water partition coefficient (Wildman–Crippen LogP) is 4.18. The molecule has 0 aromatic heterocycles. The molecular formula is C17H19NO. The Bertz CT molecular complexity index is 550. The summed E-state index contributed by atoms with van der Waals surface area (Å²) in [6.07, 6.45) is 2.09. The summed E-state index contributed by atoms with van der Waals surface area (Å²) in [4.78, 5) is 0. The lowest BCUT2D eigenvalue weighted by Crippen LogP contribution is -2.09. The molecule has 19 heavy (non-hydrogen) atoms. The van der Waals surface area contributed by atoms with E-state index in [1.165, 1.54) is 16.8 Å². The average Bonchev–Trinajstić information content (AvgIpc) is 2.93. The van der Waals surface area contributed by atoms with Crippen LogP contribution in [0.2, 0.25) is 0 Å². The third kappa shape index (κ3) is 2.58. The molecule has 1 aliphatic rings. The number of fused-ring (bicyclic) bond motifs is 1. The van der Waals surface area contributed by atoms with E-state index in [2.05, 4.69) is 60.8 Å². The van der Waals surface area contributed by atoms with Gasteiger partial charge >= 0.3 is 0 Å². The Morgan fingerprint density at radius 1 is 1.16 bits per heavy atom. The van der Waals surface area contributed by atoms with Gasteiger partial charge < -0.3 is 10.1 Å². The smallest absolute Gasteiger partial charge is 0.122 e. The molecule has 2 heteroatoms. The third-order valence-electron chi connectivity index (χ3n) is 3.64. The van der Waals surface area contributed by atoms with Gasteiger partial charge in [-0.25, -0.2) is 0 Å². The van der Waals surface area contributed by atoms with Crippen LogP contribution in [0.5, 0.6) is 5.75 Å². The van der Waals surface area contributed by atoms with Gasteiger partial charge in [0.1, 0.15) is 5.75 Å². The minimum absolute atomic E-state index is 0.363. The van der Waals surface area contributed by atoms with E-state index in [9.17, 15) is 0 Å². The van der Waals surface area contributed by atoms with Crippen molar-refractivity contribution >= 4 is 5.69 Å². The normalized spacial score (nSPS) is 14.6. The van der Waals surface area contributed by atoms with Gasteiger partial charge in [-0.05, 0) is 35.7 Å². The summed E-state index contributed by atoms with van der Waals surface area (Å²) < 4.78 is 5.54. The first kappa shape index (κ1) is 12.1. The number of ether oxygens (including phenoxy) is 1. The van der Waals surface area contributed by atoms with Gasteiger partial charge in [0.2, 0.25) is 0 Å². The lowest BCUT2D eigenvalue weighted by Gasteiger charge is -2.19. The van der Waals surface area contributed by atoms with Crippen LogP contribution in [0.25, 0.3) is 0 Å². The van der Waals surface area contributed by atoms with Crippen molar-refractivity contribution in [2.75, 3.05) is 11.9 Å². The van der Waals surface area contributed by atoms with Gasteiger partial charge in [0.05, 0.1) is 12.6 Å². The summed E-state index contributed by atoms with van der Waals surface area (Å²) >= 11 is 0. The molecule has 1 aliphatic heterocycles. The number of hydrogen-bond acceptors (Lipinski definition) is 2. The summed E-state index contributed by atoms with van der Waals surface area (Å²) in [7, 11) is 0. The van der Waals surface area contributed by atoms with Gasteiger partial charge in [-0.3, -0.25) is 0 Å². The fourth-order valence-electron chi connectivity index (χ4n) is 2.58. The maximum Gasteiger partial charge on any atom is 0.122 e. The monoisotopic (exact) mass is 253 g/mol. The fraction of sp³-hybridized carbons (Fsp3) is 0.294. The fourth-order valence-corrected chi connectivity index (χ4v) is 2.58. The molecule has 3 rings (SSSR count). The molecule has 0 spiro atoms. The number of nitrogens with one attached hydrogen (secondary N) is 1. The Kier molecular flexibility index (Phi) is 3.41. The molecule has 2 aromatic rings. The Morgan fingerprint density at radius 2 is 2.00 bits per heavy atom. The molecule has 2 aromatic carbocycles. The molecular weight excluding hydrogens is 234 g/mol. The van der Waals surface area contributed by atoms with Gasteiger partial charge in [-0.1, -0.05) is 37.3 Å². The molecule has 0 aliphatic carbocycles. The average molecular weight is 253 g/mol. The van der Waals surface area contributed by atoms with E-state index >= 15 is 0 Å². The lowest BCUT2D eigenvalue weighted by molar-refractivity contribution is 0.357. The van der Waals surface area contributed by atoms with E-state index in [1.54, 1.807) is 0 Å². The zero-order chi connectivity index (χ0) is 13.1. The Balaban J connectivity index is 1.80. The van der Waals surface area contributed by atoms with E-state index in [1.807, 2.05) is 0 Å². The van der Waals surface area contributed by atoms with Crippen molar-refractivity contribution in [3.63, 3.8) is 0 Å². The van der Waals surface area contributed by atoms with Gasteiger partial charge in [0, 0.05) is 12.1 Å². The van der Waals surface area contributed by atoms with E-state index in [0.717, 1.165) is 25.2 Å². The molecule has 0 amide bonds. The highest BCUT2D eigenvalue weighted by atomic mass is 16.5.